The molecule has 2 heterocycles. The first-order chi connectivity index (χ1) is 11.8. The van der Waals surface area contributed by atoms with Crippen LogP contribution in [0, 0.1) is 12.7 Å². The maximum absolute atomic E-state index is 13.1. The SMILES string of the molecule is Cc1c(C(=O)OC(C)C)sc2nc(Cl)nc(Nc3ccc(F)cc3)c12. The molecule has 0 saturated heterocycles. The Morgan fingerprint density at radius 1 is 1.28 bits per heavy atom. The first-order valence-electron chi connectivity index (χ1n) is 7.55. The molecule has 25 heavy (non-hydrogen) atoms. The number of nitrogens with one attached hydrogen (secondary N) is 1. The van der Waals surface area contributed by atoms with E-state index < -0.39 is 5.97 Å². The molecular weight excluding hydrogens is 365 g/mol. The molecule has 3 rings (SSSR count). The van der Waals surface area contributed by atoms with Gasteiger partial charge >= 0.3 is 5.97 Å². The van der Waals surface area contributed by atoms with Crippen LogP contribution in [0.2, 0.25) is 5.28 Å². The summed E-state index contributed by atoms with van der Waals surface area (Å²) in [5.41, 5.74) is 1.36. The molecule has 0 aliphatic rings. The van der Waals surface area contributed by atoms with Gasteiger partial charge in [0.25, 0.3) is 0 Å². The summed E-state index contributed by atoms with van der Waals surface area (Å²) in [7, 11) is 0. The zero-order chi connectivity index (χ0) is 18.1. The minimum absolute atomic E-state index is 0.0575. The Labute approximate surface area is 152 Å². The third-order valence-corrected chi connectivity index (χ3v) is 4.73. The van der Waals surface area contributed by atoms with Gasteiger partial charge in [-0.15, -0.1) is 11.3 Å². The van der Waals surface area contributed by atoms with E-state index in [2.05, 4.69) is 15.3 Å². The van der Waals surface area contributed by atoms with Gasteiger partial charge in [-0.1, -0.05) is 0 Å². The third kappa shape index (κ3) is 3.72. The fourth-order valence-electron chi connectivity index (χ4n) is 2.34. The number of carbonyl (C=O) groups is 1. The molecule has 0 amide bonds. The minimum Gasteiger partial charge on any atom is -0.459 e. The molecule has 3 aromatic rings. The second-order valence-corrected chi connectivity index (χ2v) is 7.00. The standard InChI is InChI=1S/C17H15ClFN3O2S/c1-8(2)24-16(23)13-9(3)12-14(21-17(18)22-15(12)25-13)20-11-6-4-10(19)5-7-11/h4-8H,1-3H3,(H,20,21,22). The van der Waals surface area contributed by atoms with Gasteiger partial charge in [-0.2, -0.15) is 4.98 Å². The average molecular weight is 380 g/mol. The number of hydrogen-bond donors (Lipinski definition) is 1. The van der Waals surface area contributed by atoms with E-state index in [-0.39, 0.29) is 17.2 Å². The van der Waals surface area contributed by atoms with Gasteiger partial charge in [-0.3, -0.25) is 0 Å². The number of thiophene rings is 1. The predicted octanol–water partition coefficient (Wildman–Crippen LogP) is 5.10. The lowest BCUT2D eigenvalue weighted by Gasteiger charge is -2.08. The van der Waals surface area contributed by atoms with Crippen molar-refractivity contribution in [3.8, 4) is 0 Å². The van der Waals surface area contributed by atoms with Gasteiger partial charge in [0.15, 0.2) is 0 Å². The van der Waals surface area contributed by atoms with Crippen molar-refractivity contribution in [2.24, 2.45) is 0 Å². The van der Waals surface area contributed by atoms with E-state index in [1.165, 1.54) is 23.5 Å². The van der Waals surface area contributed by atoms with Gasteiger partial charge in [0.05, 0.1) is 11.5 Å². The molecule has 2 aromatic heterocycles. The number of aromatic nitrogens is 2. The minimum atomic E-state index is -0.403. The normalized spacial score (nSPS) is 11.1. The second-order valence-electron chi connectivity index (χ2n) is 5.66. The summed E-state index contributed by atoms with van der Waals surface area (Å²) >= 11 is 7.21. The zero-order valence-electron chi connectivity index (χ0n) is 13.8. The van der Waals surface area contributed by atoms with Gasteiger partial charge < -0.3 is 10.1 Å². The number of esters is 1. The maximum atomic E-state index is 13.1. The number of carbonyl (C=O) groups excluding carboxylic acids is 1. The molecule has 0 atom stereocenters. The number of rotatable bonds is 4. The predicted molar refractivity (Wildman–Crippen MR) is 97.4 cm³/mol. The lowest BCUT2D eigenvalue weighted by molar-refractivity contribution is 0.0383. The topological polar surface area (TPSA) is 64.1 Å². The summed E-state index contributed by atoms with van der Waals surface area (Å²) in [6.45, 7) is 5.39. The van der Waals surface area contributed by atoms with E-state index in [0.717, 1.165) is 0 Å². The number of hydrogen-bond acceptors (Lipinski definition) is 6. The van der Waals surface area contributed by atoms with Crippen molar-refractivity contribution in [3.63, 3.8) is 0 Å². The summed E-state index contributed by atoms with van der Waals surface area (Å²) in [5, 5.41) is 3.85. The van der Waals surface area contributed by atoms with Crippen molar-refractivity contribution in [1.29, 1.82) is 0 Å². The number of benzene rings is 1. The number of halogens is 2. The van der Waals surface area contributed by atoms with Crippen LogP contribution in [0.15, 0.2) is 24.3 Å². The van der Waals surface area contributed by atoms with Crippen LogP contribution in [0.3, 0.4) is 0 Å². The van der Waals surface area contributed by atoms with Crippen LogP contribution in [0.4, 0.5) is 15.9 Å². The molecule has 0 unspecified atom stereocenters. The average Bonchev–Trinajstić information content (AvgIpc) is 2.86. The van der Waals surface area contributed by atoms with Gasteiger partial charge in [0, 0.05) is 5.69 Å². The third-order valence-electron chi connectivity index (χ3n) is 3.40. The van der Waals surface area contributed by atoms with Crippen molar-refractivity contribution in [2.45, 2.75) is 26.9 Å². The summed E-state index contributed by atoms with van der Waals surface area (Å²) in [6, 6.07) is 5.86. The van der Waals surface area contributed by atoms with Crippen LogP contribution in [0.25, 0.3) is 10.2 Å². The van der Waals surface area contributed by atoms with Crippen molar-refractivity contribution in [3.05, 3.63) is 45.8 Å². The van der Waals surface area contributed by atoms with Crippen LogP contribution < -0.4 is 5.32 Å². The highest BCUT2D eigenvalue weighted by Crippen LogP contribution is 2.36. The van der Waals surface area contributed by atoms with E-state index in [9.17, 15) is 9.18 Å². The largest absolute Gasteiger partial charge is 0.459 e. The molecule has 0 spiro atoms. The Hall–Kier alpha value is -2.25. The Bertz CT molecular complexity index is 941. The summed E-state index contributed by atoms with van der Waals surface area (Å²) < 4.78 is 18.4. The molecule has 5 nitrogen and oxygen atoms in total. The number of fused-ring (bicyclic) bond motifs is 1. The fourth-order valence-corrected chi connectivity index (χ4v) is 3.62. The zero-order valence-corrected chi connectivity index (χ0v) is 15.3. The highest BCUT2D eigenvalue weighted by molar-refractivity contribution is 7.20. The highest BCUT2D eigenvalue weighted by Gasteiger charge is 2.22. The number of aryl methyl sites for hydroxylation is 1. The number of nitrogens with zero attached hydrogens (tertiary/aromatic N) is 2. The van der Waals surface area contributed by atoms with E-state index in [1.807, 2.05) is 6.92 Å². The van der Waals surface area contributed by atoms with Crippen LogP contribution in [0.5, 0.6) is 0 Å². The van der Waals surface area contributed by atoms with E-state index in [4.69, 9.17) is 16.3 Å². The highest BCUT2D eigenvalue weighted by atomic mass is 35.5. The van der Waals surface area contributed by atoms with Crippen molar-refractivity contribution in [2.75, 3.05) is 5.32 Å². The molecule has 0 aliphatic carbocycles. The molecule has 0 radical (unpaired) electrons. The maximum Gasteiger partial charge on any atom is 0.348 e. The smallest absolute Gasteiger partial charge is 0.348 e. The number of ether oxygens (including phenoxy) is 1. The molecule has 0 aliphatic heterocycles. The second kappa shape index (κ2) is 6.93. The van der Waals surface area contributed by atoms with Crippen molar-refractivity contribution in [1.82, 2.24) is 9.97 Å². The first-order valence-corrected chi connectivity index (χ1v) is 8.75. The Morgan fingerprint density at radius 3 is 2.60 bits per heavy atom. The molecule has 0 fully saturated rings. The molecule has 1 N–H and O–H groups in total. The van der Waals surface area contributed by atoms with Crippen LogP contribution in [0.1, 0.15) is 29.1 Å². The van der Waals surface area contributed by atoms with E-state index >= 15 is 0 Å². The lowest BCUT2D eigenvalue weighted by Crippen LogP contribution is -2.11. The molecule has 130 valence electrons. The quantitative estimate of drug-likeness (QED) is 0.504. The van der Waals surface area contributed by atoms with Crippen LogP contribution in [-0.4, -0.2) is 22.0 Å². The fraction of sp³-hybridized carbons (Fsp3) is 0.235. The van der Waals surface area contributed by atoms with Crippen LogP contribution in [-0.2, 0) is 4.74 Å². The lowest BCUT2D eigenvalue weighted by atomic mass is 10.2. The van der Waals surface area contributed by atoms with E-state index in [1.54, 1.807) is 26.0 Å². The molecule has 8 heteroatoms. The van der Waals surface area contributed by atoms with Crippen molar-refractivity contribution < 1.29 is 13.9 Å². The monoisotopic (exact) mass is 379 g/mol. The summed E-state index contributed by atoms with van der Waals surface area (Å²) in [4.78, 5) is 21.7. The Kier molecular flexibility index (Phi) is 4.87. The van der Waals surface area contributed by atoms with Gasteiger partial charge in [0.1, 0.15) is 21.3 Å². The van der Waals surface area contributed by atoms with Gasteiger partial charge in [0.2, 0.25) is 5.28 Å². The van der Waals surface area contributed by atoms with Crippen LogP contribution >= 0.6 is 22.9 Å². The molecular formula is C17H15ClFN3O2S. The summed E-state index contributed by atoms with van der Waals surface area (Å²) in [6.07, 6.45) is -0.219. The van der Waals surface area contributed by atoms with Gasteiger partial charge in [-0.25, -0.2) is 14.2 Å². The van der Waals surface area contributed by atoms with Crippen molar-refractivity contribution >= 4 is 50.6 Å². The summed E-state index contributed by atoms with van der Waals surface area (Å²) in [5.74, 6) is -0.278. The number of anilines is 2. The molecule has 0 bridgehead atoms. The van der Waals surface area contributed by atoms with Gasteiger partial charge in [-0.05, 0) is 62.2 Å². The Balaban J connectivity index is 2.07. The Morgan fingerprint density at radius 2 is 1.96 bits per heavy atom. The first kappa shape index (κ1) is 17.6. The molecule has 0 saturated carbocycles. The van der Waals surface area contributed by atoms with E-state index in [0.29, 0.717) is 32.2 Å². The molecule has 1 aromatic carbocycles.